The largest absolute Gasteiger partial charge is 0.507 e. The first-order valence-electron chi connectivity index (χ1n) is 20.3. The summed E-state index contributed by atoms with van der Waals surface area (Å²) in [6.45, 7) is 10.5. The molecule has 9 rings (SSSR count). The minimum absolute atomic E-state index is 0.179. The summed E-state index contributed by atoms with van der Waals surface area (Å²) < 4.78 is 0. The first-order valence-corrected chi connectivity index (χ1v) is 20.3. The maximum atomic E-state index is 14.6. The molecule has 290 valence electrons. The molecule has 5 saturated heterocycles. The monoisotopic (exact) mass is 753 g/mol. The number of benzene rings is 3. The Morgan fingerprint density at radius 3 is 2.29 bits per heavy atom. The summed E-state index contributed by atoms with van der Waals surface area (Å²) in [5.41, 5.74) is 6.37. The molecule has 5 aliphatic rings. The van der Waals surface area contributed by atoms with Gasteiger partial charge in [0.1, 0.15) is 5.75 Å². The van der Waals surface area contributed by atoms with Crippen LogP contribution < -0.4 is 15.1 Å². The van der Waals surface area contributed by atoms with Gasteiger partial charge in [-0.2, -0.15) is 10.2 Å². The van der Waals surface area contributed by atoms with Crippen LogP contribution in [-0.2, 0) is 19.8 Å². The molecule has 0 unspecified atom stereocenters. The van der Waals surface area contributed by atoms with Gasteiger partial charge in [0.25, 0.3) is 0 Å². The molecule has 3 aromatic carbocycles. The van der Waals surface area contributed by atoms with Gasteiger partial charge in [0.15, 0.2) is 0 Å². The molecular weight excluding hydrogens is 703 g/mol. The zero-order valence-electron chi connectivity index (χ0n) is 32.2. The number of aryl methyl sites for hydroxylation is 1. The topological polar surface area (TPSA) is 122 Å². The van der Waals surface area contributed by atoms with Crippen LogP contribution in [0.3, 0.4) is 0 Å². The molecule has 3 amide bonds. The SMILES string of the molecule is Cc1cccc(C2(C(=O)N3CC4(CN(CC5CCN(c6ccc([C@H]7CCC(=O)NC7=O)cc6)CC5)C4)C3)CCN(c3cnnc(-c4ccccc4O)c3)CC2)c1. The standard InChI is InChI=1S/C45H51N7O4/c1-31-5-4-6-34(23-31)45(17-21-51(22-18-45)36-24-39(48-46-25-36)38-7-2-3-8-40(38)53)43(56)52-29-44(30-52)27-49(28-44)26-32-15-19-50(20-16-32)35-11-9-33(10-12-35)37-13-14-41(54)47-42(37)55/h2-12,23-25,32,37,53H,13-22,26-30H2,1H3,(H,47,54,55)/t37-/m1/s1. The Bertz CT molecular complexity index is 2110. The molecule has 1 spiro atoms. The van der Waals surface area contributed by atoms with Gasteiger partial charge in [0, 0.05) is 82.0 Å². The summed E-state index contributed by atoms with van der Waals surface area (Å²) in [6.07, 6.45) is 6.51. The van der Waals surface area contributed by atoms with Crippen molar-refractivity contribution >= 4 is 29.1 Å². The van der Waals surface area contributed by atoms with Crippen molar-refractivity contribution in [2.45, 2.75) is 56.8 Å². The van der Waals surface area contributed by atoms with Gasteiger partial charge in [-0.1, -0.05) is 54.1 Å². The number of likely N-dealkylation sites (tertiary alicyclic amines) is 2. The first kappa shape index (κ1) is 36.4. The average molecular weight is 754 g/mol. The van der Waals surface area contributed by atoms with Crippen LogP contribution in [0.25, 0.3) is 11.3 Å². The van der Waals surface area contributed by atoms with Gasteiger partial charge in [-0.15, -0.1) is 0 Å². The molecule has 1 atom stereocenters. The number of piperidine rings is 3. The van der Waals surface area contributed by atoms with E-state index in [1.54, 1.807) is 18.3 Å². The number of hydrogen-bond acceptors (Lipinski definition) is 9. The van der Waals surface area contributed by atoms with Crippen molar-refractivity contribution in [2.75, 3.05) is 68.7 Å². The lowest BCUT2D eigenvalue weighted by molar-refractivity contribution is -0.166. The predicted molar refractivity (Wildman–Crippen MR) is 215 cm³/mol. The summed E-state index contributed by atoms with van der Waals surface area (Å²) in [7, 11) is 0. The predicted octanol–water partition coefficient (Wildman–Crippen LogP) is 5.28. The summed E-state index contributed by atoms with van der Waals surface area (Å²) in [6, 6.07) is 26.1. The van der Waals surface area contributed by atoms with Crippen LogP contribution in [0.4, 0.5) is 11.4 Å². The van der Waals surface area contributed by atoms with E-state index in [0.29, 0.717) is 30.0 Å². The van der Waals surface area contributed by atoms with E-state index < -0.39 is 5.41 Å². The Hall–Kier alpha value is -5.29. The van der Waals surface area contributed by atoms with E-state index in [0.717, 1.165) is 101 Å². The molecule has 2 N–H and O–H groups in total. The van der Waals surface area contributed by atoms with Crippen LogP contribution >= 0.6 is 0 Å². The van der Waals surface area contributed by atoms with E-state index in [1.807, 2.05) is 18.2 Å². The van der Waals surface area contributed by atoms with Gasteiger partial charge in [-0.05, 0) is 86.4 Å². The van der Waals surface area contributed by atoms with Gasteiger partial charge in [-0.3, -0.25) is 19.7 Å². The van der Waals surface area contributed by atoms with Crippen LogP contribution in [0.2, 0.25) is 0 Å². The zero-order valence-corrected chi connectivity index (χ0v) is 32.2. The van der Waals surface area contributed by atoms with Gasteiger partial charge in [0.2, 0.25) is 17.7 Å². The van der Waals surface area contributed by atoms with Crippen LogP contribution in [0.1, 0.15) is 61.1 Å². The number of imide groups is 1. The Balaban J connectivity index is 0.779. The number of carbonyl (C=O) groups excluding carboxylic acids is 3. The van der Waals surface area contributed by atoms with E-state index in [2.05, 4.69) is 90.6 Å². The highest BCUT2D eigenvalue weighted by molar-refractivity contribution is 6.01. The maximum Gasteiger partial charge on any atom is 0.234 e. The lowest BCUT2D eigenvalue weighted by Gasteiger charge is -2.62. The number of aromatic nitrogens is 2. The number of nitrogens with zero attached hydrogens (tertiary/aromatic N) is 6. The third-order valence-corrected chi connectivity index (χ3v) is 13.3. The molecule has 4 aromatic rings. The minimum atomic E-state index is -0.562. The average Bonchev–Trinajstić information content (AvgIpc) is 3.19. The van der Waals surface area contributed by atoms with E-state index >= 15 is 0 Å². The van der Waals surface area contributed by atoms with E-state index in [1.165, 1.54) is 11.3 Å². The molecule has 5 fully saturated rings. The highest BCUT2D eigenvalue weighted by Gasteiger charge is 2.56. The van der Waals surface area contributed by atoms with Crippen molar-refractivity contribution in [3.8, 4) is 17.0 Å². The number of phenols is 1. The summed E-state index contributed by atoms with van der Waals surface area (Å²) >= 11 is 0. The normalized spacial score (nSPS) is 22.4. The molecule has 1 aromatic heterocycles. The third-order valence-electron chi connectivity index (χ3n) is 13.3. The number of para-hydroxylation sites is 1. The van der Waals surface area contributed by atoms with Crippen LogP contribution in [0.5, 0.6) is 5.75 Å². The molecule has 6 heterocycles. The van der Waals surface area contributed by atoms with E-state index in [9.17, 15) is 19.5 Å². The molecule has 0 saturated carbocycles. The number of aromatic hydroxyl groups is 1. The number of rotatable bonds is 8. The molecule has 0 radical (unpaired) electrons. The molecule has 0 aliphatic carbocycles. The van der Waals surface area contributed by atoms with Crippen molar-refractivity contribution in [1.29, 1.82) is 0 Å². The van der Waals surface area contributed by atoms with Gasteiger partial charge in [-0.25, -0.2) is 0 Å². The number of phenolic OH excluding ortho intramolecular Hbond substituents is 1. The number of hydrogen-bond donors (Lipinski definition) is 2. The van der Waals surface area contributed by atoms with E-state index in [4.69, 9.17) is 0 Å². The quantitative estimate of drug-likeness (QED) is 0.232. The molecule has 11 nitrogen and oxygen atoms in total. The van der Waals surface area contributed by atoms with Gasteiger partial charge < -0.3 is 24.7 Å². The molecule has 5 aliphatic heterocycles. The Kier molecular flexibility index (Phi) is 9.51. The Morgan fingerprint density at radius 2 is 1.57 bits per heavy atom. The van der Waals surface area contributed by atoms with Crippen molar-refractivity contribution in [3.63, 3.8) is 0 Å². The fourth-order valence-corrected chi connectivity index (χ4v) is 10.2. The van der Waals surface area contributed by atoms with Crippen LogP contribution in [0, 0.1) is 18.3 Å². The minimum Gasteiger partial charge on any atom is -0.507 e. The maximum absolute atomic E-state index is 14.6. The first-order chi connectivity index (χ1) is 27.2. The smallest absolute Gasteiger partial charge is 0.234 e. The fraction of sp³-hybridized carbons (Fsp3) is 0.444. The number of anilines is 2. The van der Waals surface area contributed by atoms with Crippen LogP contribution in [0.15, 0.2) is 85.1 Å². The lowest BCUT2D eigenvalue weighted by atomic mass is 9.67. The molecule has 56 heavy (non-hydrogen) atoms. The summed E-state index contributed by atoms with van der Waals surface area (Å²) in [5.74, 6) is 0.508. The lowest BCUT2D eigenvalue weighted by Crippen LogP contribution is -2.74. The second-order valence-electron chi connectivity index (χ2n) is 17.1. The van der Waals surface area contributed by atoms with Crippen molar-refractivity contribution in [2.24, 2.45) is 11.3 Å². The number of carbonyl (C=O) groups is 3. The second kappa shape index (κ2) is 14.7. The van der Waals surface area contributed by atoms with Gasteiger partial charge in [0.05, 0.1) is 28.9 Å². The Morgan fingerprint density at radius 1 is 0.839 bits per heavy atom. The fourth-order valence-electron chi connectivity index (χ4n) is 10.2. The Labute approximate surface area is 328 Å². The van der Waals surface area contributed by atoms with Crippen molar-refractivity contribution < 1.29 is 19.5 Å². The van der Waals surface area contributed by atoms with Crippen molar-refractivity contribution in [1.82, 2.24) is 25.3 Å². The number of nitrogens with one attached hydrogen (secondary N) is 1. The molecule has 11 heteroatoms. The zero-order chi connectivity index (χ0) is 38.4. The summed E-state index contributed by atoms with van der Waals surface area (Å²) in [5, 5.41) is 21.5. The highest BCUT2D eigenvalue weighted by atomic mass is 16.3. The summed E-state index contributed by atoms with van der Waals surface area (Å²) in [4.78, 5) is 48.0. The van der Waals surface area contributed by atoms with E-state index in [-0.39, 0.29) is 34.8 Å². The molecular formula is C45H51N7O4. The van der Waals surface area contributed by atoms with Gasteiger partial charge >= 0.3 is 0 Å². The second-order valence-corrected chi connectivity index (χ2v) is 17.1. The highest BCUT2D eigenvalue weighted by Crippen LogP contribution is 2.46. The van der Waals surface area contributed by atoms with Crippen LogP contribution in [-0.4, -0.2) is 102 Å². The third kappa shape index (κ3) is 6.91. The van der Waals surface area contributed by atoms with Crippen molar-refractivity contribution in [3.05, 3.63) is 102 Å². The molecule has 0 bridgehead atoms. The number of amides is 3.